The molecule has 1 aromatic heterocycles. The Kier molecular flexibility index (Phi) is 4.30. The van der Waals surface area contributed by atoms with Crippen LogP contribution in [-0.4, -0.2) is 51.2 Å². The molecule has 0 aromatic carbocycles. The molecule has 1 atom stereocenters. The normalized spacial score (nSPS) is 22.1. The minimum absolute atomic E-state index is 0.251. The minimum atomic E-state index is 0.251. The number of aryl methyl sites for hydroxylation is 1. The molecule has 1 saturated heterocycles. The van der Waals surface area contributed by atoms with Crippen LogP contribution in [0, 0.1) is 5.92 Å². The van der Waals surface area contributed by atoms with Crippen molar-refractivity contribution in [2.45, 2.75) is 44.7 Å². The Hall–Kier alpha value is -1.43. The van der Waals surface area contributed by atoms with Crippen molar-refractivity contribution in [3.8, 4) is 0 Å². The van der Waals surface area contributed by atoms with Crippen molar-refractivity contribution in [2.24, 2.45) is 5.92 Å². The molecule has 3 rings (SSSR count). The predicted molar refractivity (Wildman–Crippen MR) is 75.0 cm³/mol. The maximum absolute atomic E-state index is 12.4. The van der Waals surface area contributed by atoms with Gasteiger partial charge in [-0.25, -0.2) is 4.98 Å². The van der Waals surface area contributed by atoms with E-state index in [-0.39, 0.29) is 5.91 Å². The molecule has 6 heteroatoms. The van der Waals surface area contributed by atoms with Crippen LogP contribution >= 0.6 is 0 Å². The van der Waals surface area contributed by atoms with Crippen molar-refractivity contribution in [2.75, 3.05) is 19.6 Å². The third-order valence-electron chi connectivity index (χ3n) is 4.15. The van der Waals surface area contributed by atoms with Crippen molar-refractivity contribution in [3.05, 3.63) is 12.7 Å². The maximum atomic E-state index is 12.4. The number of carbonyl (C=O) groups excluding carboxylic acids is 1. The molecular weight excluding hydrogens is 254 g/mol. The fourth-order valence-corrected chi connectivity index (χ4v) is 2.79. The van der Waals surface area contributed by atoms with Crippen LogP contribution in [0.15, 0.2) is 12.7 Å². The SMILES string of the molecule is O=C(CCn1cncn1)N(CC1CC1)CC1CCCN1. The molecule has 1 saturated carbocycles. The highest BCUT2D eigenvalue weighted by Crippen LogP contribution is 2.30. The Morgan fingerprint density at radius 1 is 1.35 bits per heavy atom. The summed E-state index contributed by atoms with van der Waals surface area (Å²) in [6.07, 6.45) is 8.68. The van der Waals surface area contributed by atoms with E-state index in [4.69, 9.17) is 0 Å². The van der Waals surface area contributed by atoms with Crippen LogP contribution in [0.1, 0.15) is 32.1 Å². The van der Waals surface area contributed by atoms with Crippen LogP contribution in [0.2, 0.25) is 0 Å². The summed E-state index contributed by atoms with van der Waals surface area (Å²) in [6.45, 7) is 3.52. The summed E-state index contributed by atoms with van der Waals surface area (Å²) in [5, 5.41) is 7.53. The Balaban J connectivity index is 1.51. The van der Waals surface area contributed by atoms with E-state index in [1.807, 2.05) is 0 Å². The molecule has 0 radical (unpaired) electrons. The van der Waals surface area contributed by atoms with E-state index >= 15 is 0 Å². The molecule has 1 aliphatic heterocycles. The predicted octanol–water partition coefficient (Wildman–Crippen LogP) is 0.659. The average molecular weight is 277 g/mol. The van der Waals surface area contributed by atoms with Crippen LogP contribution in [0.5, 0.6) is 0 Å². The first-order valence-corrected chi connectivity index (χ1v) is 7.65. The van der Waals surface area contributed by atoms with Gasteiger partial charge < -0.3 is 10.2 Å². The van der Waals surface area contributed by atoms with E-state index in [0.717, 1.165) is 25.6 Å². The monoisotopic (exact) mass is 277 g/mol. The topological polar surface area (TPSA) is 63.1 Å². The molecule has 0 bridgehead atoms. The first-order valence-electron chi connectivity index (χ1n) is 7.65. The van der Waals surface area contributed by atoms with E-state index in [9.17, 15) is 4.79 Å². The number of hydrogen-bond acceptors (Lipinski definition) is 4. The maximum Gasteiger partial charge on any atom is 0.224 e. The van der Waals surface area contributed by atoms with Gasteiger partial charge in [0.25, 0.3) is 0 Å². The van der Waals surface area contributed by atoms with Gasteiger partial charge >= 0.3 is 0 Å². The summed E-state index contributed by atoms with van der Waals surface area (Å²) >= 11 is 0. The summed E-state index contributed by atoms with van der Waals surface area (Å²) in [7, 11) is 0. The third kappa shape index (κ3) is 3.79. The van der Waals surface area contributed by atoms with E-state index in [0.29, 0.717) is 19.0 Å². The molecule has 1 N–H and O–H groups in total. The highest BCUT2D eigenvalue weighted by Gasteiger charge is 2.28. The first kappa shape index (κ1) is 13.5. The fraction of sp³-hybridized carbons (Fsp3) is 0.786. The number of hydrogen-bond donors (Lipinski definition) is 1. The molecule has 1 unspecified atom stereocenters. The highest BCUT2D eigenvalue weighted by atomic mass is 16.2. The van der Waals surface area contributed by atoms with Crippen molar-refractivity contribution in [1.29, 1.82) is 0 Å². The van der Waals surface area contributed by atoms with Gasteiger partial charge in [-0.2, -0.15) is 5.10 Å². The molecule has 110 valence electrons. The molecule has 6 nitrogen and oxygen atoms in total. The Morgan fingerprint density at radius 3 is 2.90 bits per heavy atom. The molecule has 2 aliphatic rings. The Bertz CT molecular complexity index is 423. The zero-order valence-corrected chi connectivity index (χ0v) is 11.9. The smallest absolute Gasteiger partial charge is 0.224 e. The summed E-state index contributed by atoms with van der Waals surface area (Å²) < 4.78 is 1.72. The molecule has 1 amide bonds. The van der Waals surface area contributed by atoms with E-state index in [2.05, 4.69) is 20.3 Å². The second kappa shape index (κ2) is 6.35. The minimum Gasteiger partial charge on any atom is -0.341 e. The molecular formula is C14H23N5O. The first-order chi connectivity index (χ1) is 9.81. The number of nitrogens with zero attached hydrogens (tertiary/aromatic N) is 4. The van der Waals surface area contributed by atoms with Crippen LogP contribution in [0.3, 0.4) is 0 Å². The van der Waals surface area contributed by atoms with Gasteiger partial charge in [-0.15, -0.1) is 0 Å². The summed E-state index contributed by atoms with van der Waals surface area (Å²) in [4.78, 5) is 18.4. The number of carbonyl (C=O) groups is 1. The zero-order valence-electron chi connectivity index (χ0n) is 11.9. The average Bonchev–Trinajstić information content (AvgIpc) is 2.95. The van der Waals surface area contributed by atoms with Gasteiger partial charge in [0.1, 0.15) is 12.7 Å². The number of aromatic nitrogens is 3. The lowest BCUT2D eigenvalue weighted by molar-refractivity contribution is -0.132. The number of rotatable bonds is 7. The third-order valence-corrected chi connectivity index (χ3v) is 4.15. The number of nitrogens with one attached hydrogen (secondary N) is 1. The molecule has 1 aliphatic carbocycles. The van der Waals surface area contributed by atoms with Crippen LogP contribution in [0.4, 0.5) is 0 Å². The standard InChI is InChI=1S/C14H23N5O/c20-14(5-7-19-11-15-10-17-19)18(8-12-3-4-12)9-13-2-1-6-16-13/h10-13,16H,1-9H2. The van der Waals surface area contributed by atoms with Crippen molar-refractivity contribution < 1.29 is 4.79 Å². The van der Waals surface area contributed by atoms with Gasteiger partial charge in [0.05, 0.1) is 6.54 Å². The summed E-state index contributed by atoms with van der Waals surface area (Å²) in [5.41, 5.74) is 0. The molecule has 0 spiro atoms. The molecule has 2 heterocycles. The van der Waals surface area contributed by atoms with Gasteiger partial charge in [0, 0.05) is 25.6 Å². The van der Waals surface area contributed by atoms with Crippen molar-refractivity contribution in [1.82, 2.24) is 25.0 Å². The van der Waals surface area contributed by atoms with Gasteiger partial charge in [-0.1, -0.05) is 0 Å². The lowest BCUT2D eigenvalue weighted by Crippen LogP contribution is -2.42. The van der Waals surface area contributed by atoms with E-state index in [1.54, 1.807) is 11.0 Å². The molecule has 20 heavy (non-hydrogen) atoms. The second-order valence-electron chi connectivity index (χ2n) is 5.94. The van der Waals surface area contributed by atoms with E-state index < -0.39 is 0 Å². The zero-order chi connectivity index (χ0) is 13.8. The van der Waals surface area contributed by atoms with Crippen LogP contribution in [0.25, 0.3) is 0 Å². The fourth-order valence-electron chi connectivity index (χ4n) is 2.79. The summed E-state index contributed by atoms with van der Waals surface area (Å²) in [5.74, 6) is 0.993. The Morgan fingerprint density at radius 2 is 2.25 bits per heavy atom. The number of amides is 1. The van der Waals surface area contributed by atoms with Gasteiger partial charge in [0.2, 0.25) is 5.91 Å². The lowest BCUT2D eigenvalue weighted by Gasteiger charge is -2.26. The summed E-state index contributed by atoms with van der Waals surface area (Å²) in [6, 6.07) is 0.490. The lowest BCUT2D eigenvalue weighted by atomic mass is 10.2. The van der Waals surface area contributed by atoms with Gasteiger partial charge in [0.15, 0.2) is 0 Å². The molecule has 2 fully saturated rings. The van der Waals surface area contributed by atoms with E-state index in [1.165, 1.54) is 32.0 Å². The quantitative estimate of drug-likeness (QED) is 0.795. The van der Waals surface area contributed by atoms with Crippen LogP contribution in [-0.2, 0) is 11.3 Å². The molecule has 1 aromatic rings. The van der Waals surface area contributed by atoms with Crippen molar-refractivity contribution in [3.63, 3.8) is 0 Å². The van der Waals surface area contributed by atoms with Gasteiger partial charge in [-0.05, 0) is 38.1 Å². The largest absolute Gasteiger partial charge is 0.341 e. The van der Waals surface area contributed by atoms with Gasteiger partial charge in [-0.3, -0.25) is 9.48 Å². The van der Waals surface area contributed by atoms with Crippen molar-refractivity contribution >= 4 is 5.91 Å². The second-order valence-corrected chi connectivity index (χ2v) is 5.94. The van der Waals surface area contributed by atoms with Crippen LogP contribution < -0.4 is 5.32 Å². The highest BCUT2D eigenvalue weighted by molar-refractivity contribution is 5.76. The Labute approximate surface area is 119 Å².